The summed E-state index contributed by atoms with van der Waals surface area (Å²) in [6, 6.07) is 5.04. The molecule has 14 heavy (non-hydrogen) atoms. The summed E-state index contributed by atoms with van der Waals surface area (Å²) in [5.41, 5.74) is 0.963. The highest BCUT2D eigenvalue weighted by molar-refractivity contribution is 9.10. The second-order valence-corrected chi connectivity index (χ2v) is 4.33. The average molecular weight is 261 g/mol. The Labute approximate surface area is 92.1 Å². The highest BCUT2D eigenvalue weighted by Crippen LogP contribution is 2.22. The van der Waals surface area contributed by atoms with E-state index in [0.29, 0.717) is 4.47 Å². The zero-order valence-corrected chi connectivity index (χ0v) is 9.72. The molecule has 1 N–H and O–H groups in total. The van der Waals surface area contributed by atoms with E-state index < -0.39 is 0 Å². The molecule has 0 bridgehead atoms. The first-order valence-electron chi connectivity index (χ1n) is 4.69. The largest absolute Gasteiger partial charge is 0.396 e. The van der Waals surface area contributed by atoms with E-state index in [2.05, 4.69) is 15.9 Å². The van der Waals surface area contributed by atoms with E-state index >= 15 is 0 Å². The van der Waals surface area contributed by atoms with Crippen molar-refractivity contribution < 1.29 is 9.50 Å². The van der Waals surface area contributed by atoms with Gasteiger partial charge in [-0.1, -0.05) is 19.1 Å². The molecule has 1 nitrogen and oxygen atoms in total. The van der Waals surface area contributed by atoms with Crippen LogP contribution in [0.4, 0.5) is 4.39 Å². The lowest BCUT2D eigenvalue weighted by atomic mass is 10.0. The second kappa shape index (κ2) is 5.47. The summed E-state index contributed by atoms with van der Waals surface area (Å²) >= 11 is 3.21. The van der Waals surface area contributed by atoms with Crippen LogP contribution in [0.1, 0.15) is 18.9 Å². The van der Waals surface area contributed by atoms with Gasteiger partial charge in [0.25, 0.3) is 0 Å². The molecule has 0 aromatic heterocycles. The smallest absolute Gasteiger partial charge is 0.137 e. The van der Waals surface area contributed by atoms with Crippen LogP contribution in [0.2, 0.25) is 0 Å². The first-order chi connectivity index (χ1) is 6.65. The van der Waals surface area contributed by atoms with Crippen LogP contribution in [0.5, 0.6) is 0 Å². The average Bonchev–Trinajstić information content (AvgIpc) is 2.20. The molecule has 1 unspecified atom stereocenters. The van der Waals surface area contributed by atoms with Crippen molar-refractivity contribution in [3.05, 3.63) is 34.1 Å². The Bertz CT molecular complexity index is 301. The Kier molecular flexibility index (Phi) is 4.55. The molecular formula is C11H14BrFO. The summed E-state index contributed by atoms with van der Waals surface area (Å²) in [4.78, 5) is 0. The zero-order chi connectivity index (χ0) is 10.6. The Morgan fingerprint density at radius 2 is 2.21 bits per heavy atom. The summed E-state index contributed by atoms with van der Waals surface area (Å²) in [5, 5.41) is 8.85. The van der Waals surface area contributed by atoms with E-state index in [9.17, 15) is 4.39 Å². The van der Waals surface area contributed by atoms with Crippen LogP contribution in [0.3, 0.4) is 0 Å². The molecule has 0 heterocycles. The van der Waals surface area contributed by atoms with Gasteiger partial charge in [-0.25, -0.2) is 4.39 Å². The van der Waals surface area contributed by atoms with E-state index in [-0.39, 0.29) is 18.3 Å². The van der Waals surface area contributed by atoms with Gasteiger partial charge in [0, 0.05) is 6.61 Å². The molecule has 0 aliphatic rings. The molecule has 0 spiro atoms. The highest BCUT2D eigenvalue weighted by atomic mass is 79.9. The molecule has 0 aliphatic carbocycles. The standard InChI is InChI=1S/C11H14BrFO/c1-8(7-14)5-6-9-3-2-4-10(13)11(9)12/h2-4,8,14H,5-7H2,1H3. The van der Waals surface area contributed by atoms with Crippen molar-refractivity contribution in [1.29, 1.82) is 0 Å². The molecule has 0 fully saturated rings. The number of aliphatic hydroxyl groups is 1. The van der Waals surface area contributed by atoms with Crippen molar-refractivity contribution in [1.82, 2.24) is 0 Å². The molecule has 78 valence electrons. The summed E-state index contributed by atoms with van der Waals surface area (Å²) in [7, 11) is 0. The maximum absolute atomic E-state index is 13.1. The van der Waals surface area contributed by atoms with Crippen LogP contribution in [0.25, 0.3) is 0 Å². The summed E-state index contributed by atoms with van der Waals surface area (Å²) in [6.45, 7) is 2.17. The van der Waals surface area contributed by atoms with Crippen LogP contribution in [0, 0.1) is 11.7 Å². The molecule has 0 saturated heterocycles. The van der Waals surface area contributed by atoms with Gasteiger partial charge >= 0.3 is 0 Å². The SMILES string of the molecule is CC(CO)CCc1cccc(F)c1Br. The van der Waals surface area contributed by atoms with Crippen molar-refractivity contribution in [3.8, 4) is 0 Å². The minimum absolute atomic E-state index is 0.187. The normalized spacial score (nSPS) is 12.9. The monoisotopic (exact) mass is 260 g/mol. The highest BCUT2D eigenvalue weighted by Gasteiger charge is 2.06. The van der Waals surface area contributed by atoms with Crippen molar-refractivity contribution >= 4 is 15.9 Å². The van der Waals surface area contributed by atoms with Gasteiger partial charge in [0.05, 0.1) is 4.47 Å². The molecule has 0 aliphatic heterocycles. The topological polar surface area (TPSA) is 20.2 Å². The summed E-state index contributed by atoms with van der Waals surface area (Å²) in [6.07, 6.45) is 1.67. The lowest BCUT2D eigenvalue weighted by Crippen LogP contribution is -2.02. The molecule has 0 amide bonds. The fraction of sp³-hybridized carbons (Fsp3) is 0.455. The van der Waals surface area contributed by atoms with Gasteiger partial charge in [-0.3, -0.25) is 0 Å². The van der Waals surface area contributed by atoms with E-state index in [4.69, 9.17) is 5.11 Å². The first kappa shape index (κ1) is 11.7. The molecule has 0 saturated carbocycles. The number of aliphatic hydroxyl groups excluding tert-OH is 1. The van der Waals surface area contributed by atoms with Crippen LogP contribution in [0.15, 0.2) is 22.7 Å². The van der Waals surface area contributed by atoms with Gasteiger partial charge in [-0.05, 0) is 46.3 Å². The molecule has 0 radical (unpaired) electrons. The van der Waals surface area contributed by atoms with Gasteiger partial charge in [-0.2, -0.15) is 0 Å². The van der Waals surface area contributed by atoms with Crippen LogP contribution in [-0.2, 0) is 6.42 Å². The summed E-state index contributed by atoms with van der Waals surface area (Å²) < 4.78 is 13.6. The quantitative estimate of drug-likeness (QED) is 0.882. The van der Waals surface area contributed by atoms with Gasteiger partial charge in [-0.15, -0.1) is 0 Å². The molecule has 1 rings (SSSR count). The van der Waals surface area contributed by atoms with Gasteiger partial charge in [0.2, 0.25) is 0 Å². The lowest BCUT2D eigenvalue weighted by Gasteiger charge is -2.08. The van der Waals surface area contributed by atoms with Crippen molar-refractivity contribution in [2.75, 3.05) is 6.61 Å². The minimum Gasteiger partial charge on any atom is -0.396 e. The van der Waals surface area contributed by atoms with Crippen LogP contribution >= 0.6 is 15.9 Å². The molecule has 1 aromatic rings. The third-order valence-corrected chi connectivity index (χ3v) is 3.14. The van der Waals surface area contributed by atoms with Crippen molar-refractivity contribution in [2.45, 2.75) is 19.8 Å². The zero-order valence-electron chi connectivity index (χ0n) is 8.13. The maximum atomic E-state index is 13.1. The van der Waals surface area contributed by atoms with E-state index in [0.717, 1.165) is 18.4 Å². The Hall–Kier alpha value is -0.410. The number of benzene rings is 1. The Morgan fingerprint density at radius 1 is 1.50 bits per heavy atom. The Morgan fingerprint density at radius 3 is 2.86 bits per heavy atom. The van der Waals surface area contributed by atoms with Crippen molar-refractivity contribution in [3.63, 3.8) is 0 Å². The number of aryl methyl sites for hydroxylation is 1. The Balaban J connectivity index is 2.63. The summed E-state index contributed by atoms with van der Waals surface area (Å²) in [5.74, 6) is 0.0457. The number of rotatable bonds is 4. The van der Waals surface area contributed by atoms with Crippen LogP contribution < -0.4 is 0 Å². The third kappa shape index (κ3) is 3.07. The van der Waals surface area contributed by atoms with Gasteiger partial charge in [0.15, 0.2) is 0 Å². The fourth-order valence-electron chi connectivity index (χ4n) is 1.23. The predicted octanol–water partition coefficient (Wildman–Crippen LogP) is 3.15. The molecular weight excluding hydrogens is 247 g/mol. The first-order valence-corrected chi connectivity index (χ1v) is 5.48. The molecule has 1 aromatic carbocycles. The fourth-order valence-corrected chi connectivity index (χ4v) is 1.70. The third-order valence-electron chi connectivity index (χ3n) is 2.25. The predicted molar refractivity (Wildman–Crippen MR) is 58.7 cm³/mol. The van der Waals surface area contributed by atoms with E-state index in [1.807, 2.05) is 13.0 Å². The van der Waals surface area contributed by atoms with Gasteiger partial charge in [0.1, 0.15) is 5.82 Å². The van der Waals surface area contributed by atoms with Crippen LogP contribution in [-0.4, -0.2) is 11.7 Å². The number of halogens is 2. The number of hydrogen-bond acceptors (Lipinski definition) is 1. The van der Waals surface area contributed by atoms with E-state index in [1.165, 1.54) is 6.07 Å². The van der Waals surface area contributed by atoms with Gasteiger partial charge < -0.3 is 5.11 Å². The second-order valence-electron chi connectivity index (χ2n) is 3.54. The molecule has 3 heteroatoms. The minimum atomic E-state index is -0.223. The lowest BCUT2D eigenvalue weighted by molar-refractivity contribution is 0.230. The maximum Gasteiger partial charge on any atom is 0.137 e. The van der Waals surface area contributed by atoms with Crippen molar-refractivity contribution in [2.24, 2.45) is 5.92 Å². The molecule has 1 atom stereocenters. The number of hydrogen-bond donors (Lipinski definition) is 1. The van der Waals surface area contributed by atoms with E-state index in [1.54, 1.807) is 6.07 Å².